The molecule has 0 atom stereocenters. The van der Waals surface area contributed by atoms with Gasteiger partial charge < -0.3 is 9.09 Å². The average molecular weight is 328 g/mol. The minimum Gasteiger partial charge on any atom is -0.361 e. The fourth-order valence-corrected chi connectivity index (χ4v) is 2.16. The molecule has 0 amide bonds. The summed E-state index contributed by atoms with van der Waals surface area (Å²) in [5.41, 5.74) is 0.908. The highest BCUT2D eigenvalue weighted by molar-refractivity contribution is 9.10. The van der Waals surface area contributed by atoms with Crippen LogP contribution in [-0.4, -0.2) is 14.6 Å². The van der Waals surface area contributed by atoms with Crippen LogP contribution < -0.4 is 5.56 Å². The van der Waals surface area contributed by atoms with E-state index in [4.69, 9.17) is 4.52 Å². The predicted octanol–water partition coefficient (Wildman–Crippen LogP) is 2.17. The Morgan fingerprint density at radius 1 is 1.53 bits per heavy atom. The normalized spacial score (nSPS) is 10.7. The molecule has 7 nitrogen and oxygen atoms in total. The van der Waals surface area contributed by atoms with Crippen LogP contribution in [0.15, 0.2) is 26.1 Å². The van der Waals surface area contributed by atoms with E-state index in [1.165, 1.54) is 16.8 Å². The van der Waals surface area contributed by atoms with E-state index in [9.17, 15) is 14.9 Å². The van der Waals surface area contributed by atoms with Crippen LogP contribution >= 0.6 is 15.9 Å². The van der Waals surface area contributed by atoms with Crippen molar-refractivity contribution in [1.82, 2.24) is 9.72 Å². The van der Waals surface area contributed by atoms with Crippen LogP contribution in [0.4, 0.5) is 5.69 Å². The third-order valence-corrected chi connectivity index (χ3v) is 3.32. The molecule has 0 aromatic carbocycles. The van der Waals surface area contributed by atoms with Crippen molar-refractivity contribution >= 4 is 21.6 Å². The number of pyridine rings is 1. The van der Waals surface area contributed by atoms with E-state index in [-0.39, 0.29) is 22.3 Å². The summed E-state index contributed by atoms with van der Waals surface area (Å²) < 4.78 is 6.41. The van der Waals surface area contributed by atoms with Gasteiger partial charge in [0, 0.05) is 11.6 Å². The Labute approximate surface area is 116 Å². The second kappa shape index (κ2) is 4.96. The summed E-state index contributed by atoms with van der Waals surface area (Å²) in [6, 6.07) is 1.19. The molecule has 0 fully saturated rings. The molecule has 2 aromatic rings. The van der Waals surface area contributed by atoms with Gasteiger partial charge in [0.25, 0.3) is 11.2 Å². The molecule has 0 saturated heterocycles. The molecule has 0 aliphatic carbocycles. The maximum Gasteiger partial charge on any atom is 0.286 e. The van der Waals surface area contributed by atoms with Crippen LogP contribution in [-0.2, 0) is 6.54 Å². The maximum atomic E-state index is 11.9. The smallest absolute Gasteiger partial charge is 0.286 e. The van der Waals surface area contributed by atoms with Crippen LogP contribution in [0.5, 0.6) is 0 Å². The monoisotopic (exact) mass is 327 g/mol. The molecule has 0 aliphatic rings. The highest BCUT2D eigenvalue weighted by atomic mass is 79.9. The first-order chi connectivity index (χ1) is 8.90. The zero-order valence-corrected chi connectivity index (χ0v) is 11.8. The molecule has 0 spiro atoms. The Bertz CT molecular complexity index is 685. The molecule has 2 heterocycles. The van der Waals surface area contributed by atoms with Gasteiger partial charge in [-0.2, -0.15) is 0 Å². The minimum absolute atomic E-state index is 0.147. The van der Waals surface area contributed by atoms with Gasteiger partial charge in [0.2, 0.25) is 0 Å². The summed E-state index contributed by atoms with van der Waals surface area (Å²) in [5, 5.41) is 14.6. The summed E-state index contributed by atoms with van der Waals surface area (Å²) in [5.74, 6) is 0.590. The number of rotatable bonds is 3. The van der Waals surface area contributed by atoms with Crippen molar-refractivity contribution in [3.63, 3.8) is 0 Å². The summed E-state index contributed by atoms with van der Waals surface area (Å²) in [4.78, 5) is 22.2. The van der Waals surface area contributed by atoms with Crippen molar-refractivity contribution in [1.29, 1.82) is 0 Å². The molecule has 0 saturated carbocycles. The fourth-order valence-electron chi connectivity index (χ4n) is 1.70. The van der Waals surface area contributed by atoms with E-state index in [0.29, 0.717) is 11.5 Å². The molecular weight excluding hydrogens is 318 g/mol. The Hall–Kier alpha value is -1.96. The van der Waals surface area contributed by atoms with Crippen LogP contribution in [0.3, 0.4) is 0 Å². The lowest BCUT2D eigenvalue weighted by atomic mass is 10.2. The van der Waals surface area contributed by atoms with Gasteiger partial charge in [-0.3, -0.25) is 14.9 Å². The van der Waals surface area contributed by atoms with Crippen LogP contribution in [0.1, 0.15) is 17.0 Å². The van der Waals surface area contributed by atoms with Crippen molar-refractivity contribution in [3.8, 4) is 0 Å². The number of nitrogens with zero attached hydrogens (tertiary/aromatic N) is 3. The van der Waals surface area contributed by atoms with E-state index in [0.717, 1.165) is 5.56 Å². The van der Waals surface area contributed by atoms with Crippen molar-refractivity contribution < 1.29 is 9.45 Å². The fraction of sp³-hybridized carbons (Fsp3) is 0.273. The van der Waals surface area contributed by atoms with E-state index in [1.807, 2.05) is 0 Å². The highest BCUT2D eigenvalue weighted by Gasteiger charge is 2.15. The number of aromatic nitrogens is 2. The maximum absolute atomic E-state index is 11.9. The van der Waals surface area contributed by atoms with E-state index < -0.39 is 4.92 Å². The zero-order chi connectivity index (χ0) is 14.2. The van der Waals surface area contributed by atoms with Crippen LogP contribution in [0.2, 0.25) is 0 Å². The van der Waals surface area contributed by atoms with Gasteiger partial charge in [-0.1, -0.05) is 5.16 Å². The van der Waals surface area contributed by atoms with Crippen LogP contribution in [0.25, 0.3) is 0 Å². The number of nitro groups is 1. The molecule has 0 unspecified atom stereocenters. The van der Waals surface area contributed by atoms with Gasteiger partial charge in [-0.05, 0) is 29.8 Å². The summed E-state index contributed by atoms with van der Waals surface area (Å²) >= 11 is 3.03. The van der Waals surface area contributed by atoms with Gasteiger partial charge in [0.05, 0.1) is 27.8 Å². The second-order valence-corrected chi connectivity index (χ2v) is 4.89. The van der Waals surface area contributed by atoms with Gasteiger partial charge in [-0.15, -0.1) is 0 Å². The molecule has 0 radical (unpaired) electrons. The van der Waals surface area contributed by atoms with E-state index in [2.05, 4.69) is 21.1 Å². The average Bonchev–Trinajstić information content (AvgIpc) is 2.66. The molecule has 8 heteroatoms. The SMILES string of the molecule is Cc1noc(C)c1Cn1cc([N+](=O)[O-])cc(Br)c1=O. The Kier molecular flexibility index (Phi) is 3.52. The number of aryl methyl sites for hydroxylation is 2. The summed E-state index contributed by atoms with van der Waals surface area (Å²) in [6.07, 6.45) is 1.21. The molecule has 0 aliphatic heterocycles. The zero-order valence-electron chi connectivity index (χ0n) is 10.2. The van der Waals surface area contributed by atoms with Gasteiger partial charge in [0.1, 0.15) is 5.76 Å². The Balaban J connectivity index is 2.51. The van der Waals surface area contributed by atoms with Gasteiger partial charge in [0.15, 0.2) is 0 Å². The first kappa shape index (κ1) is 13.5. The van der Waals surface area contributed by atoms with Gasteiger partial charge >= 0.3 is 0 Å². The molecule has 2 rings (SSSR count). The van der Waals surface area contributed by atoms with Crippen molar-refractivity contribution in [2.75, 3.05) is 0 Å². The Morgan fingerprint density at radius 3 is 2.74 bits per heavy atom. The molecule has 2 aromatic heterocycles. The third kappa shape index (κ3) is 2.58. The highest BCUT2D eigenvalue weighted by Crippen LogP contribution is 2.17. The predicted molar refractivity (Wildman–Crippen MR) is 70.1 cm³/mol. The summed E-state index contributed by atoms with van der Waals surface area (Å²) in [6.45, 7) is 3.66. The van der Waals surface area contributed by atoms with Crippen LogP contribution in [0, 0.1) is 24.0 Å². The lowest BCUT2D eigenvalue weighted by Crippen LogP contribution is -2.21. The first-order valence-electron chi connectivity index (χ1n) is 5.36. The first-order valence-corrected chi connectivity index (χ1v) is 6.15. The van der Waals surface area contributed by atoms with Gasteiger partial charge in [-0.25, -0.2) is 0 Å². The Morgan fingerprint density at radius 2 is 2.21 bits per heavy atom. The van der Waals surface area contributed by atoms with E-state index >= 15 is 0 Å². The molecule has 19 heavy (non-hydrogen) atoms. The number of hydrogen-bond acceptors (Lipinski definition) is 5. The molecule has 0 N–H and O–H groups in total. The standard InChI is InChI=1S/C11H10BrN3O4/c1-6-9(7(2)19-13-6)5-14-4-8(15(17)18)3-10(12)11(14)16/h3-4H,5H2,1-2H3. The van der Waals surface area contributed by atoms with E-state index in [1.54, 1.807) is 13.8 Å². The lowest BCUT2D eigenvalue weighted by Gasteiger charge is -2.05. The third-order valence-electron chi connectivity index (χ3n) is 2.75. The molecule has 100 valence electrons. The topological polar surface area (TPSA) is 91.2 Å². The number of halogens is 1. The molecular formula is C11H10BrN3O4. The molecule has 0 bridgehead atoms. The number of hydrogen-bond donors (Lipinski definition) is 0. The summed E-state index contributed by atoms with van der Waals surface area (Å²) in [7, 11) is 0. The quantitative estimate of drug-likeness (QED) is 0.636. The second-order valence-electron chi connectivity index (χ2n) is 4.04. The van der Waals surface area contributed by atoms with Crippen molar-refractivity contribution in [2.45, 2.75) is 20.4 Å². The lowest BCUT2D eigenvalue weighted by molar-refractivity contribution is -0.385. The minimum atomic E-state index is -0.548. The van der Waals surface area contributed by atoms with Crippen molar-refractivity contribution in [2.24, 2.45) is 0 Å². The largest absolute Gasteiger partial charge is 0.361 e. The van der Waals surface area contributed by atoms with Crippen molar-refractivity contribution in [3.05, 3.63) is 54.2 Å².